The lowest BCUT2D eigenvalue weighted by Crippen LogP contribution is -2.24. The summed E-state index contributed by atoms with van der Waals surface area (Å²) >= 11 is 0. The van der Waals surface area contributed by atoms with E-state index in [9.17, 15) is 4.79 Å². The van der Waals surface area contributed by atoms with Gasteiger partial charge in [-0.05, 0) is 30.7 Å². The van der Waals surface area contributed by atoms with Gasteiger partial charge in [-0.3, -0.25) is 9.78 Å². The molecule has 2 N–H and O–H groups in total. The third-order valence-corrected chi connectivity index (χ3v) is 4.19. The van der Waals surface area contributed by atoms with Crippen LogP contribution in [0.1, 0.15) is 17.1 Å². The van der Waals surface area contributed by atoms with Gasteiger partial charge in [0.05, 0.1) is 13.0 Å². The molecule has 0 radical (unpaired) electrons. The summed E-state index contributed by atoms with van der Waals surface area (Å²) in [6.45, 7) is 2.16. The van der Waals surface area contributed by atoms with Gasteiger partial charge in [-0.1, -0.05) is 23.4 Å². The van der Waals surface area contributed by atoms with Crippen LogP contribution in [0.25, 0.3) is 22.3 Å². The standard InChI is InChI=1S/C19H17N5O2/c1-12-15(14-6-2-3-7-16(14)22-12)9-17(25)21-11-18-23-19(24-26-18)13-5-4-8-20-10-13/h2-8,10,22H,9,11H2,1H3,(H,21,25). The van der Waals surface area contributed by atoms with E-state index in [4.69, 9.17) is 4.52 Å². The van der Waals surface area contributed by atoms with Crippen LogP contribution in [0, 0.1) is 6.92 Å². The number of fused-ring (bicyclic) bond motifs is 1. The van der Waals surface area contributed by atoms with Crippen molar-refractivity contribution in [3.63, 3.8) is 0 Å². The molecule has 4 rings (SSSR count). The fraction of sp³-hybridized carbons (Fsp3) is 0.158. The molecule has 26 heavy (non-hydrogen) atoms. The molecule has 3 heterocycles. The number of para-hydroxylation sites is 1. The molecular formula is C19H17N5O2. The first-order valence-corrected chi connectivity index (χ1v) is 8.26. The molecule has 7 heteroatoms. The number of carbonyl (C=O) groups excluding carboxylic acids is 1. The second-order valence-corrected chi connectivity index (χ2v) is 5.98. The molecule has 0 aliphatic carbocycles. The highest BCUT2D eigenvalue weighted by molar-refractivity contribution is 5.90. The molecule has 1 aromatic carbocycles. The van der Waals surface area contributed by atoms with Crippen molar-refractivity contribution in [2.24, 2.45) is 0 Å². The first-order valence-electron chi connectivity index (χ1n) is 8.26. The van der Waals surface area contributed by atoms with Crippen LogP contribution >= 0.6 is 0 Å². The largest absolute Gasteiger partial charge is 0.358 e. The molecule has 0 saturated carbocycles. The average Bonchev–Trinajstić information content (AvgIpc) is 3.26. The van der Waals surface area contributed by atoms with E-state index in [1.54, 1.807) is 18.5 Å². The Bertz CT molecular complexity index is 1050. The van der Waals surface area contributed by atoms with Crippen LogP contribution in [0.15, 0.2) is 53.3 Å². The minimum absolute atomic E-state index is 0.0982. The molecule has 130 valence electrons. The highest BCUT2D eigenvalue weighted by Crippen LogP contribution is 2.22. The maximum atomic E-state index is 12.3. The zero-order valence-electron chi connectivity index (χ0n) is 14.2. The van der Waals surface area contributed by atoms with E-state index >= 15 is 0 Å². The van der Waals surface area contributed by atoms with E-state index in [1.165, 1.54) is 0 Å². The Balaban J connectivity index is 1.41. The molecule has 0 atom stereocenters. The van der Waals surface area contributed by atoms with E-state index in [0.29, 0.717) is 18.1 Å². The predicted molar refractivity (Wildman–Crippen MR) is 96.1 cm³/mol. The van der Waals surface area contributed by atoms with Gasteiger partial charge in [-0.2, -0.15) is 4.98 Å². The van der Waals surface area contributed by atoms with Gasteiger partial charge in [-0.25, -0.2) is 0 Å². The first kappa shape index (κ1) is 16.0. The fourth-order valence-corrected chi connectivity index (χ4v) is 2.90. The smallest absolute Gasteiger partial charge is 0.246 e. The summed E-state index contributed by atoms with van der Waals surface area (Å²) in [5, 5.41) is 7.81. The Labute approximate surface area is 149 Å². The highest BCUT2D eigenvalue weighted by Gasteiger charge is 2.14. The summed E-state index contributed by atoms with van der Waals surface area (Å²) in [4.78, 5) is 23.9. The molecule has 7 nitrogen and oxygen atoms in total. The number of aromatic amines is 1. The van der Waals surface area contributed by atoms with Crippen LogP contribution in [0.4, 0.5) is 0 Å². The summed E-state index contributed by atoms with van der Waals surface area (Å²) in [6.07, 6.45) is 3.63. The van der Waals surface area contributed by atoms with Crippen molar-refractivity contribution >= 4 is 16.8 Å². The van der Waals surface area contributed by atoms with Crippen molar-refractivity contribution in [1.29, 1.82) is 0 Å². The first-order chi connectivity index (χ1) is 12.7. The average molecular weight is 347 g/mol. The van der Waals surface area contributed by atoms with Gasteiger partial charge in [0.1, 0.15) is 0 Å². The van der Waals surface area contributed by atoms with Gasteiger partial charge in [0.2, 0.25) is 17.6 Å². The van der Waals surface area contributed by atoms with Gasteiger partial charge < -0.3 is 14.8 Å². The van der Waals surface area contributed by atoms with Gasteiger partial charge in [0.15, 0.2) is 0 Å². The van der Waals surface area contributed by atoms with Crippen molar-refractivity contribution < 1.29 is 9.32 Å². The lowest BCUT2D eigenvalue weighted by molar-refractivity contribution is -0.120. The van der Waals surface area contributed by atoms with Gasteiger partial charge in [0, 0.05) is 34.6 Å². The number of nitrogens with zero attached hydrogens (tertiary/aromatic N) is 3. The number of hydrogen-bond donors (Lipinski definition) is 2. The number of hydrogen-bond acceptors (Lipinski definition) is 5. The van der Waals surface area contributed by atoms with E-state index in [-0.39, 0.29) is 12.5 Å². The van der Waals surface area contributed by atoms with Crippen molar-refractivity contribution in [2.75, 3.05) is 0 Å². The molecule has 0 bridgehead atoms. The minimum atomic E-state index is -0.0982. The van der Waals surface area contributed by atoms with E-state index in [1.807, 2.05) is 37.3 Å². The summed E-state index contributed by atoms with van der Waals surface area (Å²) in [7, 11) is 0. The number of carbonyl (C=O) groups is 1. The Morgan fingerprint density at radius 3 is 2.96 bits per heavy atom. The van der Waals surface area contributed by atoms with Crippen LogP contribution in [0.5, 0.6) is 0 Å². The molecule has 0 unspecified atom stereocenters. The van der Waals surface area contributed by atoms with Crippen LogP contribution in [0.3, 0.4) is 0 Å². The number of aryl methyl sites for hydroxylation is 1. The number of H-pyrrole nitrogens is 1. The van der Waals surface area contributed by atoms with Crippen molar-refractivity contribution in [2.45, 2.75) is 19.9 Å². The minimum Gasteiger partial charge on any atom is -0.358 e. The number of nitrogens with one attached hydrogen (secondary N) is 2. The molecule has 4 aromatic rings. The molecule has 0 spiro atoms. The second kappa shape index (κ2) is 6.79. The number of benzene rings is 1. The van der Waals surface area contributed by atoms with Gasteiger partial charge in [-0.15, -0.1) is 0 Å². The molecule has 0 fully saturated rings. The zero-order valence-corrected chi connectivity index (χ0v) is 14.2. The summed E-state index contributed by atoms with van der Waals surface area (Å²) < 4.78 is 5.19. The highest BCUT2D eigenvalue weighted by atomic mass is 16.5. The number of pyridine rings is 1. The molecule has 0 aliphatic heterocycles. The number of aromatic nitrogens is 4. The van der Waals surface area contributed by atoms with E-state index in [0.717, 1.165) is 27.7 Å². The summed E-state index contributed by atoms with van der Waals surface area (Å²) in [5.74, 6) is 0.710. The molecule has 0 saturated heterocycles. The Kier molecular flexibility index (Phi) is 4.18. The second-order valence-electron chi connectivity index (χ2n) is 5.98. The lowest BCUT2D eigenvalue weighted by Gasteiger charge is -2.03. The maximum absolute atomic E-state index is 12.3. The molecule has 1 amide bonds. The molecule has 0 aliphatic rings. The van der Waals surface area contributed by atoms with E-state index < -0.39 is 0 Å². The monoisotopic (exact) mass is 347 g/mol. The van der Waals surface area contributed by atoms with Crippen LogP contribution in [-0.2, 0) is 17.8 Å². The topological polar surface area (TPSA) is 96.7 Å². The predicted octanol–water partition coefficient (Wildman–Crippen LogP) is 2.78. The Morgan fingerprint density at radius 2 is 2.12 bits per heavy atom. The lowest BCUT2D eigenvalue weighted by atomic mass is 10.1. The normalized spacial score (nSPS) is 11.0. The summed E-state index contributed by atoms with van der Waals surface area (Å²) in [5.41, 5.74) is 3.80. The Hall–Kier alpha value is -3.48. The van der Waals surface area contributed by atoms with Crippen LogP contribution in [0.2, 0.25) is 0 Å². The third kappa shape index (κ3) is 3.19. The SMILES string of the molecule is Cc1[nH]c2ccccc2c1CC(=O)NCc1nc(-c2cccnc2)no1. The number of rotatable bonds is 5. The summed E-state index contributed by atoms with van der Waals surface area (Å²) in [6, 6.07) is 11.6. The third-order valence-electron chi connectivity index (χ3n) is 4.19. The van der Waals surface area contributed by atoms with Crippen LogP contribution < -0.4 is 5.32 Å². The van der Waals surface area contributed by atoms with Crippen LogP contribution in [-0.4, -0.2) is 26.0 Å². The molecule has 3 aromatic heterocycles. The molecular weight excluding hydrogens is 330 g/mol. The zero-order chi connectivity index (χ0) is 17.9. The quantitative estimate of drug-likeness (QED) is 0.579. The van der Waals surface area contributed by atoms with Crippen molar-refractivity contribution in [3.05, 3.63) is 65.9 Å². The fourth-order valence-electron chi connectivity index (χ4n) is 2.90. The number of amides is 1. The maximum Gasteiger partial charge on any atom is 0.246 e. The Morgan fingerprint density at radius 1 is 1.23 bits per heavy atom. The van der Waals surface area contributed by atoms with Gasteiger partial charge >= 0.3 is 0 Å². The van der Waals surface area contributed by atoms with Crippen molar-refractivity contribution in [3.8, 4) is 11.4 Å². The van der Waals surface area contributed by atoms with E-state index in [2.05, 4.69) is 25.4 Å². The van der Waals surface area contributed by atoms with Crippen molar-refractivity contribution in [1.82, 2.24) is 25.4 Å². The van der Waals surface area contributed by atoms with Gasteiger partial charge in [0.25, 0.3) is 0 Å².